The van der Waals surface area contributed by atoms with Crippen LogP contribution in [0.4, 0.5) is 0 Å². The van der Waals surface area contributed by atoms with Crippen molar-refractivity contribution in [2.45, 2.75) is 39.0 Å². The van der Waals surface area contributed by atoms with Crippen molar-refractivity contribution in [3.8, 4) is 5.75 Å². The van der Waals surface area contributed by atoms with Crippen LogP contribution in [0, 0.1) is 11.3 Å². The molecular formula is C16H22O3. The van der Waals surface area contributed by atoms with Crippen molar-refractivity contribution in [1.29, 1.82) is 0 Å². The van der Waals surface area contributed by atoms with E-state index in [0.717, 1.165) is 37.0 Å². The first kappa shape index (κ1) is 13.9. The van der Waals surface area contributed by atoms with E-state index in [1.807, 2.05) is 24.3 Å². The second kappa shape index (κ2) is 5.64. The summed E-state index contributed by atoms with van der Waals surface area (Å²) >= 11 is 0. The van der Waals surface area contributed by atoms with Crippen LogP contribution in [0.1, 0.15) is 38.2 Å². The van der Waals surface area contributed by atoms with Gasteiger partial charge in [-0.2, -0.15) is 0 Å². The Morgan fingerprint density at radius 3 is 2.63 bits per heavy atom. The fraction of sp³-hybridized carbons (Fsp3) is 0.562. The van der Waals surface area contributed by atoms with E-state index in [4.69, 9.17) is 4.74 Å². The van der Waals surface area contributed by atoms with Crippen molar-refractivity contribution in [2.24, 2.45) is 11.3 Å². The largest absolute Gasteiger partial charge is 0.497 e. The zero-order valence-corrected chi connectivity index (χ0v) is 11.7. The van der Waals surface area contributed by atoms with Crippen LogP contribution in [-0.4, -0.2) is 18.2 Å². The zero-order chi connectivity index (χ0) is 13.9. The number of methoxy groups -OCH3 is 1. The number of benzene rings is 1. The van der Waals surface area contributed by atoms with Crippen LogP contribution in [0.5, 0.6) is 5.75 Å². The summed E-state index contributed by atoms with van der Waals surface area (Å²) in [4.78, 5) is 11.7. The minimum Gasteiger partial charge on any atom is -0.497 e. The third kappa shape index (κ3) is 3.09. The minimum atomic E-state index is -0.644. The van der Waals surface area contributed by atoms with E-state index < -0.39 is 11.4 Å². The highest BCUT2D eigenvalue weighted by Crippen LogP contribution is 2.42. The van der Waals surface area contributed by atoms with Gasteiger partial charge in [-0.05, 0) is 42.9 Å². The first-order valence-electron chi connectivity index (χ1n) is 6.92. The van der Waals surface area contributed by atoms with Crippen LogP contribution < -0.4 is 4.74 Å². The molecule has 1 aliphatic rings. The number of rotatable bonds is 4. The summed E-state index contributed by atoms with van der Waals surface area (Å²) < 4.78 is 5.13. The lowest BCUT2D eigenvalue weighted by Gasteiger charge is -2.36. The summed E-state index contributed by atoms with van der Waals surface area (Å²) in [7, 11) is 1.64. The maximum Gasteiger partial charge on any atom is 0.309 e. The average Bonchev–Trinajstić information content (AvgIpc) is 2.39. The molecule has 0 heterocycles. The zero-order valence-electron chi connectivity index (χ0n) is 11.7. The molecule has 3 heteroatoms. The van der Waals surface area contributed by atoms with Gasteiger partial charge in [0, 0.05) is 0 Å². The Morgan fingerprint density at radius 1 is 1.42 bits per heavy atom. The molecule has 0 amide bonds. The quantitative estimate of drug-likeness (QED) is 0.903. The Balaban J connectivity index is 2.18. The molecule has 0 aromatic heterocycles. The van der Waals surface area contributed by atoms with Crippen LogP contribution in [0.15, 0.2) is 24.3 Å². The van der Waals surface area contributed by atoms with Crippen molar-refractivity contribution in [3.63, 3.8) is 0 Å². The third-order valence-corrected chi connectivity index (χ3v) is 4.25. The highest BCUT2D eigenvalue weighted by molar-refractivity contribution is 5.75. The number of carboxylic acids is 1. The number of hydrogen-bond donors (Lipinski definition) is 1. The van der Waals surface area contributed by atoms with Crippen molar-refractivity contribution < 1.29 is 14.6 Å². The van der Waals surface area contributed by atoms with E-state index in [0.29, 0.717) is 12.3 Å². The molecule has 1 fully saturated rings. The number of ether oxygens (including phenoxy) is 1. The summed E-state index contributed by atoms with van der Waals surface area (Å²) in [6.07, 6.45) is 4.37. The topological polar surface area (TPSA) is 46.5 Å². The molecule has 1 aromatic rings. The van der Waals surface area contributed by atoms with Gasteiger partial charge in [0.2, 0.25) is 0 Å². The molecule has 0 bridgehead atoms. The van der Waals surface area contributed by atoms with Crippen molar-refractivity contribution in [2.75, 3.05) is 7.11 Å². The lowest BCUT2D eigenvalue weighted by Crippen LogP contribution is -2.37. The standard InChI is InChI=1S/C16H22O3/c1-12-4-3-9-16(10-12,15(17)18)11-13-5-7-14(19-2)8-6-13/h5-8,12H,3-4,9-11H2,1-2H3,(H,17,18). The fourth-order valence-electron chi connectivity index (χ4n) is 3.22. The van der Waals surface area contributed by atoms with E-state index in [1.54, 1.807) is 7.11 Å². The summed E-state index contributed by atoms with van der Waals surface area (Å²) in [5, 5.41) is 9.64. The SMILES string of the molecule is COc1ccc(CC2(C(=O)O)CCCC(C)C2)cc1. The molecule has 2 unspecified atom stereocenters. The number of aliphatic carboxylic acids is 1. The smallest absolute Gasteiger partial charge is 0.309 e. The molecule has 0 aliphatic heterocycles. The fourth-order valence-corrected chi connectivity index (χ4v) is 3.22. The Morgan fingerprint density at radius 2 is 2.11 bits per heavy atom. The normalized spacial score (nSPS) is 26.9. The minimum absolute atomic E-state index is 0.503. The van der Waals surface area contributed by atoms with E-state index in [2.05, 4.69) is 6.92 Å². The Bertz CT molecular complexity index is 438. The van der Waals surface area contributed by atoms with Crippen LogP contribution in [0.3, 0.4) is 0 Å². The maximum atomic E-state index is 11.7. The molecule has 1 aromatic carbocycles. The van der Waals surface area contributed by atoms with E-state index in [9.17, 15) is 9.90 Å². The summed E-state index contributed by atoms with van der Waals surface area (Å²) in [5.74, 6) is 0.670. The molecule has 0 spiro atoms. The Hall–Kier alpha value is -1.51. The van der Waals surface area contributed by atoms with Gasteiger partial charge in [0.15, 0.2) is 0 Å². The van der Waals surface area contributed by atoms with Gasteiger partial charge < -0.3 is 9.84 Å². The summed E-state index contributed by atoms with van der Waals surface area (Å²) in [6.45, 7) is 2.16. The van der Waals surface area contributed by atoms with Gasteiger partial charge >= 0.3 is 5.97 Å². The van der Waals surface area contributed by atoms with Gasteiger partial charge in [-0.25, -0.2) is 0 Å². The maximum absolute atomic E-state index is 11.7. The van der Waals surface area contributed by atoms with Gasteiger partial charge in [-0.1, -0.05) is 31.9 Å². The molecule has 3 nitrogen and oxygen atoms in total. The second-order valence-corrected chi connectivity index (χ2v) is 5.81. The monoisotopic (exact) mass is 262 g/mol. The van der Waals surface area contributed by atoms with Crippen molar-refractivity contribution in [3.05, 3.63) is 29.8 Å². The van der Waals surface area contributed by atoms with Crippen molar-refractivity contribution in [1.82, 2.24) is 0 Å². The lowest BCUT2D eigenvalue weighted by molar-refractivity contribution is -0.152. The van der Waals surface area contributed by atoms with Crippen LogP contribution in [0.25, 0.3) is 0 Å². The first-order chi connectivity index (χ1) is 9.05. The summed E-state index contributed by atoms with van der Waals surface area (Å²) in [5.41, 5.74) is 0.504. The van der Waals surface area contributed by atoms with Crippen LogP contribution >= 0.6 is 0 Å². The molecule has 1 saturated carbocycles. The van der Waals surface area contributed by atoms with Gasteiger partial charge in [0.1, 0.15) is 5.75 Å². The highest BCUT2D eigenvalue weighted by atomic mass is 16.5. The molecule has 0 radical (unpaired) electrons. The van der Waals surface area contributed by atoms with Gasteiger partial charge in [-0.3, -0.25) is 4.79 Å². The van der Waals surface area contributed by atoms with Gasteiger partial charge in [0.25, 0.3) is 0 Å². The Labute approximate surface area is 114 Å². The van der Waals surface area contributed by atoms with Crippen LogP contribution in [-0.2, 0) is 11.2 Å². The second-order valence-electron chi connectivity index (χ2n) is 5.81. The summed E-state index contributed by atoms with van der Waals surface area (Å²) in [6, 6.07) is 7.75. The third-order valence-electron chi connectivity index (χ3n) is 4.25. The average molecular weight is 262 g/mol. The van der Waals surface area contributed by atoms with Crippen LogP contribution in [0.2, 0.25) is 0 Å². The lowest BCUT2D eigenvalue weighted by atomic mass is 9.67. The van der Waals surface area contributed by atoms with Gasteiger partial charge in [0.05, 0.1) is 12.5 Å². The Kier molecular flexibility index (Phi) is 4.13. The first-order valence-corrected chi connectivity index (χ1v) is 6.92. The van der Waals surface area contributed by atoms with E-state index in [-0.39, 0.29) is 0 Å². The molecule has 2 rings (SSSR count). The van der Waals surface area contributed by atoms with E-state index >= 15 is 0 Å². The molecular weight excluding hydrogens is 240 g/mol. The van der Waals surface area contributed by atoms with E-state index in [1.165, 1.54) is 0 Å². The predicted octanol–water partition coefficient (Wildman–Crippen LogP) is 3.52. The highest BCUT2D eigenvalue weighted by Gasteiger charge is 2.41. The number of carbonyl (C=O) groups is 1. The number of carboxylic acid groups (broad SMARTS) is 1. The predicted molar refractivity (Wildman–Crippen MR) is 74.4 cm³/mol. The molecule has 1 N–H and O–H groups in total. The van der Waals surface area contributed by atoms with Crippen molar-refractivity contribution >= 4 is 5.97 Å². The van der Waals surface area contributed by atoms with Gasteiger partial charge in [-0.15, -0.1) is 0 Å². The molecule has 1 aliphatic carbocycles. The number of hydrogen-bond acceptors (Lipinski definition) is 2. The molecule has 19 heavy (non-hydrogen) atoms. The molecule has 2 atom stereocenters. The molecule has 104 valence electrons. The molecule has 0 saturated heterocycles.